The van der Waals surface area contributed by atoms with Crippen LogP contribution >= 0.6 is 15.9 Å². The highest BCUT2D eigenvalue weighted by Gasteiger charge is 2.11. The highest BCUT2D eigenvalue weighted by Crippen LogP contribution is 2.23. The van der Waals surface area contributed by atoms with Gasteiger partial charge in [0.15, 0.2) is 0 Å². The van der Waals surface area contributed by atoms with Crippen LogP contribution in [0.1, 0.15) is 16.2 Å². The smallest absolute Gasteiger partial charge is 0.339 e. The second-order valence-corrected chi connectivity index (χ2v) is 4.88. The Morgan fingerprint density at radius 2 is 2.32 bits per heavy atom. The molecule has 19 heavy (non-hydrogen) atoms. The molecule has 1 aromatic heterocycles. The summed E-state index contributed by atoms with van der Waals surface area (Å²) in [5, 5.41) is 9.10. The monoisotopic (exact) mass is 324 g/mol. The Balaban J connectivity index is 2.03. The third kappa shape index (κ3) is 3.35. The van der Waals surface area contributed by atoms with E-state index in [0.29, 0.717) is 23.4 Å². The molecule has 1 N–H and O–H groups in total. The molecule has 5 nitrogen and oxygen atoms in total. The summed E-state index contributed by atoms with van der Waals surface area (Å²) in [6.45, 7) is 2.92. The molecule has 0 fully saturated rings. The molecule has 1 heterocycles. The molecule has 6 heteroatoms. The third-order valence-electron chi connectivity index (χ3n) is 2.69. The number of benzene rings is 1. The third-order valence-corrected chi connectivity index (χ3v) is 3.18. The van der Waals surface area contributed by atoms with Crippen molar-refractivity contribution in [2.75, 3.05) is 6.61 Å². The zero-order valence-corrected chi connectivity index (χ0v) is 11.9. The molecule has 0 aliphatic rings. The van der Waals surface area contributed by atoms with Gasteiger partial charge in [0, 0.05) is 16.9 Å². The number of aryl methyl sites for hydroxylation is 1. The van der Waals surface area contributed by atoms with Gasteiger partial charge in [-0.1, -0.05) is 15.9 Å². The first kappa shape index (κ1) is 13.6. The molecule has 100 valence electrons. The predicted molar refractivity (Wildman–Crippen MR) is 73.6 cm³/mol. The molecule has 0 radical (unpaired) electrons. The van der Waals surface area contributed by atoms with E-state index in [1.165, 1.54) is 6.07 Å². The van der Waals surface area contributed by atoms with Crippen LogP contribution in [0.4, 0.5) is 0 Å². The van der Waals surface area contributed by atoms with Crippen LogP contribution in [0.2, 0.25) is 0 Å². The van der Waals surface area contributed by atoms with Crippen molar-refractivity contribution in [3.63, 3.8) is 0 Å². The van der Waals surface area contributed by atoms with E-state index in [2.05, 4.69) is 20.9 Å². The Labute approximate surface area is 119 Å². The average Bonchev–Trinajstić information content (AvgIpc) is 2.77. The molecule has 0 aliphatic carbocycles. The van der Waals surface area contributed by atoms with Gasteiger partial charge in [0.05, 0.1) is 6.54 Å². The largest absolute Gasteiger partial charge is 0.491 e. The molecule has 0 aliphatic heterocycles. The first-order valence-corrected chi connectivity index (χ1v) is 6.50. The zero-order chi connectivity index (χ0) is 13.8. The van der Waals surface area contributed by atoms with Gasteiger partial charge < -0.3 is 14.4 Å². The summed E-state index contributed by atoms with van der Waals surface area (Å²) in [4.78, 5) is 15.2. The van der Waals surface area contributed by atoms with Crippen molar-refractivity contribution >= 4 is 21.9 Å². The maximum atomic E-state index is 11.1. The van der Waals surface area contributed by atoms with Gasteiger partial charge in [-0.3, -0.25) is 0 Å². The summed E-state index contributed by atoms with van der Waals surface area (Å²) in [5.74, 6) is 0.265. The van der Waals surface area contributed by atoms with Crippen LogP contribution in [0, 0.1) is 6.92 Å². The van der Waals surface area contributed by atoms with Crippen LogP contribution in [-0.2, 0) is 6.54 Å². The first-order chi connectivity index (χ1) is 9.08. The minimum Gasteiger partial charge on any atom is -0.491 e. The molecule has 0 saturated heterocycles. The minimum atomic E-state index is -1.00. The lowest BCUT2D eigenvalue weighted by Crippen LogP contribution is -2.11. The maximum absolute atomic E-state index is 11.1. The number of carboxylic acid groups (broad SMARTS) is 1. The van der Waals surface area contributed by atoms with E-state index in [0.717, 1.165) is 5.82 Å². The number of aromatic carboxylic acids is 1. The lowest BCUT2D eigenvalue weighted by molar-refractivity contribution is 0.0692. The highest BCUT2D eigenvalue weighted by molar-refractivity contribution is 9.10. The summed E-state index contributed by atoms with van der Waals surface area (Å²) >= 11 is 3.24. The lowest BCUT2D eigenvalue weighted by atomic mass is 10.2. The van der Waals surface area contributed by atoms with Gasteiger partial charge in [0.2, 0.25) is 0 Å². The van der Waals surface area contributed by atoms with Crippen LogP contribution in [0.3, 0.4) is 0 Å². The molecule has 2 rings (SSSR count). The maximum Gasteiger partial charge on any atom is 0.339 e. The molecule has 0 unspecified atom stereocenters. The highest BCUT2D eigenvalue weighted by atomic mass is 79.9. The molecular formula is C13H13BrN2O3. The number of hydrogen-bond acceptors (Lipinski definition) is 3. The number of carboxylic acids is 1. The zero-order valence-electron chi connectivity index (χ0n) is 10.3. The van der Waals surface area contributed by atoms with E-state index in [-0.39, 0.29) is 5.56 Å². The number of carbonyl (C=O) groups is 1. The van der Waals surface area contributed by atoms with Gasteiger partial charge in [-0.25, -0.2) is 9.78 Å². The SMILES string of the molecule is Cc1nccn1CCOc1ccc(Br)cc1C(=O)O. The standard InChI is InChI=1S/C13H13BrN2O3/c1-9-15-4-5-16(9)6-7-19-12-3-2-10(14)8-11(12)13(17)18/h2-5,8H,6-7H2,1H3,(H,17,18). The van der Waals surface area contributed by atoms with Crippen molar-refractivity contribution in [3.05, 3.63) is 46.5 Å². The van der Waals surface area contributed by atoms with E-state index in [9.17, 15) is 4.79 Å². The van der Waals surface area contributed by atoms with Crippen LogP contribution < -0.4 is 4.74 Å². The Kier molecular flexibility index (Phi) is 4.21. The van der Waals surface area contributed by atoms with Crippen molar-refractivity contribution in [3.8, 4) is 5.75 Å². The Morgan fingerprint density at radius 1 is 1.53 bits per heavy atom. The van der Waals surface area contributed by atoms with Crippen LogP contribution in [-0.4, -0.2) is 27.2 Å². The normalized spacial score (nSPS) is 10.4. The summed E-state index contributed by atoms with van der Waals surface area (Å²) in [6.07, 6.45) is 3.58. The van der Waals surface area contributed by atoms with E-state index in [4.69, 9.17) is 9.84 Å². The molecule has 0 spiro atoms. The van der Waals surface area contributed by atoms with Gasteiger partial charge in [0.1, 0.15) is 23.7 Å². The van der Waals surface area contributed by atoms with Crippen molar-refractivity contribution in [2.24, 2.45) is 0 Å². The van der Waals surface area contributed by atoms with Crippen molar-refractivity contribution in [1.29, 1.82) is 0 Å². The second-order valence-electron chi connectivity index (χ2n) is 3.96. The number of nitrogens with zero attached hydrogens (tertiary/aromatic N) is 2. The lowest BCUT2D eigenvalue weighted by Gasteiger charge is -2.10. The van der Waals surface area contributed by atoms with Crippen molar-refractivity contribution < 1.29 is 14.6 Å². The molecular weight excluding hydrogens is 312 g/mol. The summed E-state index contributed by atoms with van der Waals surface area (Å²) in [5.41, 5.74) is 0.150. The van der Waals surface area contributed by atoms with Crippen LogP contribution in [0.25, 0.3) is 0 Å². The molecule has 0 bridgehead atoms. The van der Waals surface area contributed by atoms with Gasteiger partial charge in [-0.15, -0.1) is 0 Å². The summed E-state index contributed by atoms with van der Waals surface area (Å²) in [7, 11) is 0. The first-order valence-electron chi connectivity index (χ1n) is 5.71. The van der Waals surface area contributed by atoms with Gasteiger partial charge >= 0.3 is 5.97 Å². The Morgan fingerprint density at radius 3 is 2.95 bits per heavy atom. The van der Waals surface area contributed by atoms with Gasteiger partial charge in [-0.05, 0) is 25.1 Å². The average molecular weight is 325 g/mol. The minimum absolute atomic E-state index is 0.150. The summed E-state index contributed by atoms with van der Waals surface area (Å²) in [6, 6.07) is 4.93. The van der Waals surface area contributed by atoms with E-state index in [1.54, 1.807) is 18.3 Å². The Hall–Kier alpha value is -1.82. The molecule has 1 aromatic carbocycles. The predicted octanol–water partition coefficient (Wildman–Crippen LogP) is 2.73. The van der Waals surface area contributed by atoms with E-state index in [1.807, 2.05) is 17.7 Å². The van der Waals surface area contributed by atoms with Crippen LogP contribution in [0.5, 0.6) is 5.75 Å². The fourth-order valence-corrected chi connectivity index (χ4v) is 2.05. The quantitative estimate of drug-likeness (QED) is 0.918. The van der Waals surface area contributed by atoms with Crippen molar-refractivity contribution in [1.82, 2.24) is 9.55 Å². The number of rotatable bonds is 5. The Bertz CT molecular complexity index is 595. The number of hydrogen-bond donors (Lipinski definition) is 1. The van der Waals surface area contributed by atoms with Gasteiger partial charge in [0.25, 0.3) is 0 Å². The van der Waals surface area contributed by atoms with Gasteiger partial charge in [-0.2, -0.15) is 0 Å². The van der Waals surface area contributed by atoms with Crippen LogP contribution in [0.15, 0.2) is 35.1 Å². The summed E-state index contributed by atoms with van der Waals surface area (Å²) < 4.78 is 8.19. The number of halogens is 1. The molecule has 2 aromatic rings. The van der Waals surface area contributed by atoms with Crippen molar-refractivity contribution in [2.45, 2.75) is 13.5 Å². The second kappa shape index (κ2) is 5.88. The van der Waals surface area contributed by atoms with E-state index >= 15 is 0 Å². The topological polar surface area (TPSA) is 64.4 Å². The number of aromatic nitrogens is 2. The fraction of sp³-hybridized carbons (Fsp3) is 0.231. The molecule has 0 saturated carbocycles. The number of ether oxygens (including phenoxy) is 1. The molecule has 0 amide bonds. The number of imidazole rings is 1. The molecule has 0 atom stereocenters. The van der Waals surface area contributed by atoms with E-state index < -0.39 is 5.97 Å². The fourth-order valence-electron chi connectivity index (χ4n) is 1.69.